The number of carbonyl (C=O) groups excluding carboxylic acids is 2. The highest BCUT2D eigenvalue weighted by atomic mass is 35.5. The van der Waals surface area contributed by atoms with Gasteiger partial charge in [0.25, 0.3) is 10.5 Å². The lowest BCUT2D eigenvalue weighted by molar-refractivity contribution is 0.107. The third-order valence-corrected chi connectivity index (χ3v) is 1.78. The predicted molar refractivity (Wildman–Crippen MR) is 61.3 cm³/mol. The van der Waals surface area contributed by atoms with E-state index in [-0.39, 0.29) is 24.8 Å². The molecule has 0 aliphatic carbocycles. The van der Waals surface area contributed by atoms with E-state index >= 15 is 0 Å². The van der Waals surface area contributed by atoms with Crippen molar-refractivity contribution in [1.82, 2.24) is 0 Å². The van der Waals surface area contributed by atoms with Gasteiger partial charge in [-0.2, -0.15) is 0 Å². The van der Waals surface area contributed by atoms with E-state index in [0.717, 1.165) is 0 Å². The van der Waals surface area contributed by atoms with E-state index in [2.05, 4.69) is 0 Å². The van der Waals surface area contributed by atoms with Crippen molar-refractivity contribution in [3.8, 4) is 0 Å². The molecule has 0 saturated heterocycles. The second-order valence-corrected chi connectivity index (χ2v) is 2.81. The summed E-state index contributed by atoms with van der Waals surface area (Å²) in [5.74, 6) is 0. The van der Waals surface area contributed by atoms with Crippen molar-refractivity contribution in [3.63, 3.8) is 0 Å². The smallest absolute Gasteiger partial charge is 0.252 e. The maximum Gasteiger partial charge on any atom is 0.252 e. The molecule has 0 spiro atoms. The lowest BCUT2D eigenvalue weighted by atomic mass is 10.2. The van der Waals surface area contributed by atoms with Crippen LogP contribution in [0.1, 0.15) is 20.7 Å². The monoisotopic (exact) mass is 274 g/mol. The van der Waals surface area contributed by atoms with Crippen molar-refractivity contribution in [2.24, 2.45) is 0 Å². The van der Waals surface area contributed by atoms with E-state index in [1.807, 2.05) is 0 Å². The quantitative estimate of drug-likeness (QED) is 0.777. The summed E-state index contributed by atoms with van der Waals surface area (Å²) in [6.45, 7) is 0. The zero-order valence-electron chi connectivity index (χ0n) is 6.70. The molecule has 0 radical (unpaired) electrons. The molecule has 0 fully saturated rings. The van der Waals surface area contributed by atoms with Crippen molar-refractivity contribution >= 4 is 58.5 Å². The number of hydrogen-bond acceptors (Lipinski definition) is 2. The normalized spacial score (nSPS) is 8.14. The van der Waals surface area contributed by atoms with Gasteiger partial charge in [-0.15, -0.1) is 24.8 Å². The molecule has 6 heteroatoms. The van der Waals surface area contributed by atoms with Gasteiger partial charge in [0, 0.05) is 11.1 Å². The van der Waals surface area contributed by atoms with Crippen LogP contribution in [-0.2, 0) is 0 Å². The van der Waals surface area contributed by atoms with Crippen molar-refractivity contribution < 1.29 is 9.59 Å². The minimum absolute atomic E-state index is 0. The van der Waals surface area contributed by atoms with Crippen LogP contribution in [0, 0.1) is 0 Å². The minimum Gasteiger partial charge on any atom is -0.276 e. The second kappa shape index (κ2) is 7.07. The number of hydrogen-bond donors (Lipinski definition) is 0. The number of carbonyl (C=O) groups is 2. The van der Waals surface area contributed by atoms with Gasteiger partial charge < -0.3 is 0 Å². The summed E-state index contributed by atoms with van der Waals surface area (Å²) in [6.07, 6.45) is 0. The molecule has 1 rings (SSSR count). The van der Waals surface area contributed by atoms with Crippen LogP contribution in [-0.4, -0.2) is 10.5 Å². The molecule has 0 N–H and O–H groups in total. The van der Waals surface area contributed by atoms with Crippen LogP contribution in [0.4, 0.5) is 0 Å². The van der Waals surface area contributed by atoms with Crippen molar-refractivity contribution in [1.29, 1.82) is 0 Å². The fourth-order valence-electron chi connectivity index (χ4n) is 0.732. The third-order valence-electron chi connectivity index (χ3n) is 1.34. The minimum atomic E-state index is -0.552. The molecule has 0 aliphatic heterocycles. The SMILES string of the molecule is Cl.Cl.O=C(Cl)c1ccc(C(=O)Cl)cc1. The summed E-state index contributed by atoms with van der Waals surface area (Å²) in [7, 11) is 0. The van der Waals surface area contributed by atoms with Gasteiger partial charge in [-0.25, -0.2) is 0 Å². The van der Waals surface area contributed by atoms with E-state index in [4.69, 9.17) is 23.2 Å². The Bertz CT molecular complexity index is 288. The van der Waals surface area contributed by atoms with Crippen LogP contribution in [0.5, 0.6) is 0 Å². The summed E-state index contributed by atoms with van der Waals surface area (Å²) in [5, 5.41) is -1.10. The molecule has 2 nitrogen and oxygen atoms in total. The van der Waals surface area contributed by atoms with Crippen LogP contribution in [0.25, 0.3) is 0 Å². The molecule has 0 amide bonds. The van der Waals surface area contributed by atoms with Crippen LogP contribution in [0.15, 0.2) is 24.3 Å². The van der Waals surface area contributed by atoms with E-state index < -0.39 is 10.5 Å². The highest BCUT2D eigenvalue weighted by molar-refractivity contribution is 6.68. The second-order valence-electron chi connectivity index (χ2n) is 2.12. The summed E-state index contributed by atoms with van der Waals surface area (Å²) < 4.78 is 0. The summed E-state index contributed by atoms with van der Waals surface area (Å²) in [4.78, 5) is 21.1. The van der Waals surface area contributed by atoms with Gasteiger partial charge in [-0.1, -0.05) is 0 Å². The zero-order valence-corrected chi connectivity index (χ0v) is 9.84. The number of halogens is 4. The van der Waals surface area contributed by atoms with E-state index in [1.54, 1.807) is 0 Å². The van der Waals surface area contributed by atoms with E-state index in [9.17, 15) is 9.59 Å². The van der Waals surface area contributed by atoms with Gasteiger partial charge in [0.2, 0.25) is 0 Å². The molecule has 1 aromatic carbocycles. The molecular weight excluding hydrogens is 270 g/mol. The maximum atomic E-state index is 10.6. The lowest BCUT2D eigenvalue weighted by Crippen LogP contribution is -1.92. The van der Waals surface area contributed by atoms with Gasteiger partial charge in [-0.3, -0.25) is 9.59 Å². The molecule has 0 aromatic heterocycles. The van der Waals surface area contributed by atoms with E-state index in [0.29, 0.717) is 11.1 Å². The zero-order chi connectivity index (χ0) is 9.14. The van der Waals surface area contributed by atoms with Crippen molar-refractivity contribution in [3.05, 3.63) is 35.4 Å². The van der Waals surface area contributed by atoms with Gasteiger partial charge >= 0.3 is 0 Å². The molecular formula is C8H6Cl4O2. The van der Waals surface area contributed by atoms with Gasteiger partial charge in [-0.05, 0) is 47.5 Å². The molecule has 0 aliphatic rings. The van der Waals surface area contributed by atoms with Crippen molar-refractivity contribution in [2.75, 3.05) is 0 Å². The molecule has 0 atom stereocenters. The maximum absolute atomic E-state index is 10.6. The summed E-state index contributed by atoms with van der Waals surface area (Å²) in [6, 6.07) is 5.80. The number of benzene rings is 1. The Hall–Kier alpha value is -0.280. The number of rotatable bonds is 2. The van der Waals surface area contributed by atoms with E-state index in [1.165, 1.54) is 24.3 Å². The lowest BCUT2D eigenvalue weighted by Gasteiger charge is -1.94. The topological polar surface area (TPSA) is 34.1 Å². The Morgan fingerprint density at radius 1 is 0.786 bits per heavy atom. The largest absolute Gasteiger partial charge is 0.276 e. The average molecular weight is 276 g/mol. The Balaban J connectivity index is 0. The van der Waals surface area contributed by atoms with Crippen molar-refractivity contribution in [2.45, 2.75) is 0 Å². The molecule has 0 bridgehead atoms. The highest BCUT2D eigenvalue weighted by Gasteiger charge is 2.03. The van der Waals surface area contributed by atoms with Crippen LogP contribution in [0.2, 0.25) is 0 Å². The van der Waals surface area contributed by atoms with Gasteiger partial charge in [0.05, 0.1) is 0 Å². The first-order valence-electron chi connectivity index (χ1n) is 3.11. The van der Waals surface area contributed by atoms with Gasteiger partial charge in [0.15, 0.2) is 0 Å². The van der Waals surface area contributed by atoms with Crippen LogP contribution < -0.4 is 0 Å². The Morgan fingerprint density at radius 2 is 1.00 bits per heavy atom. The molecule has 14 heavy (non-hydrogen) atoms. The fourth-order valence-corrected chi connectivity index (χ4v) is 0.984. The van der Waals surface area contributed by atoms with Gasteiger partial charge in [0.1, 0.15) is 0 Å². The Morgan fingerprint density at radius 3 is 1.14 bits per heavy atom. The first kappa shape index (κ1) is 16.2. The molecule has 78 valence electrons. The predicted octanol–water partition coefficient (Wildman–Crippen LogP) is 3.29. The highest BCUT2D eigenvalue weighted by Crippen LogP contribution is 2.08. The summed E-state index contributed by atoms with van der Waals surface area (Å²) in [5.41, 5.74) is 0.691. The standard InChI is InChI=1S/C8H4Cl2O2.2ClH/c9-7(11)5-1-2-6(4-3-5)8(10)12;;/h1-4H;2*1H. The fraction of sp³-hybridized carbons (Fsp3) is 0. The van der Waals surface area contributed by atoms with Crippen LogP contribution >= 0.6 is 48.0 Å². The average Bonchev–Trinajstić information content (AvgIpc) is 2.04. The molecule has 0 heterocycles. The third kappa shape index (κ3) is 4.29. The Labute approximate surface area is 103 Å². The Kier molecular flexibility index (Phi) is 8.16. The van der Waals surface area contributed by atoms with Crippen LogP contribution in [0.3, 0.4) is 0 Å². The molecule has 0 unspecified atom stereocenters. The molecule has 1 aromatic rings. The first-order valence-corrected chi connectivity index (χ1v) is 3.86. The first-order chi connectivity index (χ1) is 5.61. The molecule has 0 saturated carbocycles. The summed E-state index contributed by atoms with van der Waals surface area (Å²) >= 11 is 10.4.